The van der Waals surface area contributed by atoms with E-state index in [1.54, 1.807) is 12.5 Å². The van der Waals surface area contributed by atoms with Crippen LogP contribution in [0.25, 0.3) is 0 Å². The van der Waals surface area contributed by atoms with E-state index in [2.05, 4.69) is 4.98 Å². The molecule has 1 heterocycles. The van der Waals surface area contributed by atoms with Crippen molar-refractivity contribution in [3.05, 3.63) is 18.2 Å². The molecule has 0 bridgehead atoms. The standard InChI is InChI=1S/C16H26N2O3/c1-6-12(9-19)13(7-14-8-17-11-18(14)5)10-21-15(20)16(2,3)4/h8-9,11-13H,6-7,10H2,1-5H3. The van der Waals surface area contributed by atoms with Gasteiger partial charge in [0.25, 0.3) is 0 Å². The number of carbonyl (C=O) groups excluding carboxylic acids is 2. The van der Waals surface area contributed by atoms with Crippen LogP contribution in [0.15, 0.2) is 12.5 Å². The first-order valence-electron chi connectivity index (χ1n) is 7.37. The van der Waals surface area contributed by atoms with E-state index >= 15 is 0 Å². The molecule has 0 aliphatic heterocycles. The summed E-state index contributed by atoms with van der Waals surface area (Å²) in [5.41, 5.74) is 0.507. The largest absolute Gasteiger partial charge is 0.465 e. The van der Waals surface area contributed by atoms with Crippen LogP contribution in [0.2, 0.25) is 0 Å². The topological polar surface area (TPSA) is 61.2 Å². The van der Waals surface area contributed by atoms with Crippen molar-refractivity contribution in [1.82, 2.24) is 9.55 Å². The van der Waals surface area contributed by atoms with Crippen molar-refractivity contribution in [3.63, 3.8) is 0 Å². The van der Waals surface area contributed by atoms with Crippen LogP contribution in [0.3, 0.4) is 0 Å². The lowest BCUT2D eigenvalue weighted by atomic mass is 9.88. The van der Waals surface area contributed by atoms with Crippen LogP contribution >= 0.6 is 0 Å². The van der Waals surface area contributed by atoms with Crippen LogP contribution in [0.4, 0.5) is 0 Å². The quantitative estimate of drug-likeness (QED) is 0.572. The Morgan fingerprint density at radius 2 is 2.14 bits per heavy atom. The lowest BCUT2D eigenvalue weighted by Gasteiger charge is -2.24. The summed E-state index contributed by atoms with van der Waals surface area (Å²) in [6.45, 7) is 7.70. The number of aryl methyl sites for hydroxylation is 1. The number of hydrogen-bond donors (Lipinski definition) is 0. The molecule has 21 heavy (non-hydrogen) atoms. The SMILES string of the molecule is CCC(C=O)C(COC(=O)C(C)(C)C)Cc1cncn1C. The number of esters is 1. The van der Waals surface area contributed by atoms with E-state index in [0.717, 1.165) is 18.4 Å². The third-order valence-corrected chi connectivity index (χ3v) is 3.68. The molecule has 1 rings (SSSR count). The molecule has 0 radical (unpaired) electrons. The van der Waals surface area contributed by atoms with Gasteiger partial charge in [0.15, 0.2) is 0 Å². The van der Waals surface area contributed by atoms with E-state index in [1.807, 2.05) is 39.3 Å². The summed E-state index contributed by atoms with van der Waals surface area (Å²) in [6, 6.07) is 0. The predicted molar refractivity (Wildman–Crippen MR) is 80.7 cm³/mol. The maximum absolute atomic E-state index is 11.9. The Morgan fingerprint density at radius 1 is 1.48 bits per heavy atom. The first kappa shape index (κ1) is 17.4. The Balaban J connectivity index is 2.76. The van der Waals surface area contributed by atoms with Gasteiger partial charge in [-0.25, -0.2) is 4.98 Å². The highest BCUT2D eigenvalue weighted by Gasteiger charge is 2.27. The van der Waals surface area contributed by atoms with Gasteiger partial charge in [-0.1, -0.05) is 6.92 Å². The van der Waals surface area contributed by atoms with Crippen molar-refractivity contribution in [1.29, 1.82) is 0 Å². The molecule has 0 spiro atoms. The fraction of sp³-hybridized carbons (Fsp3) is 0.688. The Labute approximate surface area is 126 Å². The molecule has 0 saturated carbocycles. The van der Waals surface area contributed by atoms with Gasteiger partial charge in [0.05, 0.1) is 18.3 Å². The van der Waals surface area contributed by atoms with Crippen LogP contribution in [0.5, 0.6) is 0 Å². The van der Waals surface area contributed by atoms with E-state index in [0.29, 0.717) is 6.42 Å². The number of hydrogen-bond acceptors (Lipinski definition) is 4. The zero-order valence-electron chi connectivity index (χ0n) is 13.6. The maximum atomic E-state index is 11.9. The van der Waals surface area contributed by atoms with E-state index in [4.69, 9.17) is 4.74 Å². The number of aromatic nitrogens is 2. The molecule has 5 nitrogen and oxygen atoms in total. The minimum Gasteiger partial charge on any atom is -0.465 e. The van der Waals surface area contributed by atoms with Crippen LogP contribution in [-0.4, -0.2) is 28.4 Å². The molecule has 0 saturated heterocycles. The molecule has 2 unspecified atom stereocenters. The first-order chi connectivity index (χ1) is 9.79. The zero-order valence-corrected chi connectivity index (χ0v) is 13.6. The third kappa shape index (κ3) is 4.99. The second kappa shape index (κ2) is 7.38. The number of rotatable bonds is 7. The number of nitrogens with zero attached hydrogens (tertiary/aromatic N) is 2. The molecular formula is C16H26N2O3. The molecule has 0 aliphatic carbocycles. The molecule has 0 fully saturated rings. The second-order valence-electron chi connectivity index (χ2n) is 6.52. The summed E-state index contributed by atoms with van der Waals surface area (Å²) in [6.07, 6.45) is 5.89. The number of imidazole rings is 1. The van der Waals surface area contributed by atoms with Crippen molar-refractivity contribution >= 4 is 12.3 Å². The van der Waals surface area contributed by atoms with Crippen LogP contribution in [0, 0.1) is 17.3 Å². The van der Waals surface area contributed by atoms with E-state index in [1.165, 1.54) is 0 Å². The molecular weight excluding hydrogens is 268 g/mol. The Morgan fingerprint density at radius 3 is 2.57 bits per heavy atom. The smallest absolute Gasteiger partial charge is 0.311 e. The van der Waals surface area contributed by atoms with Gasteiger partial charge >= 0.3 is 5.97 Å². The summed E-state index contributed by atoms with van der Waals surface area (Å²) in [5.74, 6) is -0.375. The minimum atomic E-state index is -0.528. The van der Waals surface area contributed by atoms with E-state index in [-0.39, 0.29) is 24.4 Å². The van der Waals surface area contributed by atoms with Gasteiger partial charge in [0.2, 0.25) is 0 Å². The Kier molecular flexibility index (Phi) is 6.12. The summed E-state index contributed by atoms with van der Waals surface area (Å²) < 4.78 is 7.34. The normalized spacial score (nSPS) is 14.5. The summed E-state index contributed by atoms with van der Waals surface area (Å²) in [5, 5.41) is 0. The lowest BCUT2D eigenvalue weighted by Crippen LogP contribution is -2.30. The Bertz CT molecular complexity index is 474. The van der Waals surface area contributed by atoms with Crippen LogP contribution in [0.1, 0.15) is 39.8 Å². The van der Waals surface area contributed by atoms with Crippen molar-refractivity contribution in [2.75, 3.05) is 6.61 Å². The highest BCUT2D eigenvalue weighted by atomic mass is 16.5. The minimum absolute atomic E-state index is 0.0193. The van der Waals surface area contributed by atoms with Crippen molar-refractivity contribution < 1.29 is 14.3 Å². The fourth-order valence-electron chi connectivity index (χ4n) is 2.12. The fourth-order valence-corrected chi connectivity index (χ4v) is 2.12. The van der Waals surface area contributed by atoms with Gasteiger partial charge in [-0.2, -0.15) is 0 Å². The summed E-state index contributed by atoms with van der Waals surface area (Å²) >= 11 is 0. The van der Waals surface area contributed by atoms with Crippen LogP contribution in [-0.2, 0) is 27.8 Å². The van der Waals surface area contributed by atoms with Crippen molar-refractivity contribution in [2.45, 2.75) is 40.5 Å². The molecule has 118 valence electrons. The van der Waals surface area contributed by atoms with Crippen LogP contribution < -0.4 is 0 Å². The van der Waals surface area contributed by atoms with Gasteiger partial charge in [-0.3, -0.25) is 4.79 Å². The average Bonchev–Trinajstić information content (AvgIpc) is 2.81. The summed E-state index contributed by atoms with van der Waals surface area (Å²) in [7, 11) is 1.92. The number of ether oxygens (including phenoxy) is 1. The molecule has 0 aromatic carbocycles. The monoisotopic (exact) mass is 294 g/mol. The molecule has 2 atom stereocenters. The molecule has 0 amide bonds. The number of carbonyl (C=O) groups is 2. The predicted octanol–water partition coefficient (Wildman–Crippen LogP) is 2.39. The molecule has 1 aromatic heterocycles. The van der Waals surface area contributed by atoms with Gasteiger partial charge in [0, 0.05) is 30.8 Å². The zero-order chi connectivity index (χ0) is 16.0. The van der Waals surface area contributed by atoms with Gasteiger partial charge in [-0.05, 0) is 33.6 Å². The number of aldehydes is 1. The Hall–Kier alpha value is -1.65. The third-order valence-electron chi connectivity index (χ3n) is 3.68. The molecule has 5 heteroatoms. The van der Waals surface area contributed by atoms with Crippen molar-refractivity contribution in [3.8, 4) is 0 Å². The van der Waals surface area contributed by atoms with Crippen molar-refractivity contribution in [2.24, 2.45) is 24.3 Å². The highest BCUT2D eigenvalue weighted by molar-refractivity contribution is 5.75. The molecule has 1 aromatic rings. The van der Waals surface area contributed by atoms with Gasteiger partial charge in [0.1, 0.15) is 6.29 Å². The van der Waals surface area contributed by atoms with E-state index < -0.39 is 5.41 Å². The van der Waals surface area contributed by atoms with Gasteiger partial charge in [-0.15, -0.1) is 0 Å². The average molecular weight is 294 g/mol. The second-order valence-corrected chi connectivity index (χ2v) is 6.52. The first-order valence-corrected chi connectivity index (χ1v) is 7.37. The maximum Gasteiger partial charge on any atom is 0.311 e. The lowest BCUT2D eigenvalue weighted by molar-refractivity contribution is -0.155. The molecule has 0 N–H and O–H groups in total. The molecule has 0 aliphatic rings. The summed E-state index contributed by atoms with van der Waals surface area (Å²) in [4.78, 5) is 27.3. The van der Waals surface area contributed by atoms with Gasteiger partial charge < -0.3 is 14.1 Å². The highest BCUT2D eigenvalue weighted by Crippen LogP contribution is 2.22. The van der Waals surface area contributed by atoms with E-state index in [9.17, 15) is 9.59 Å².